The number of benzene rings is 1. The Bertz CT molecular complexity index is 1610. The van der Waals surface area contributed by atoms with E-state index in [1.807, 2.05) is 0 Å². The first-order valence-corrected chi connectivity index (χ1v) is 15.4. The highest BCUT2D eigenvalue weighted by atomic mass is 19.4. The summed E-state index contributed by atoms with van der Waals surface area (Å²) in [6.45, 7) is 2.81. The molecule has 3 aliphatic heterocycles. The number of rotatable bonds is 6. The number of halogens is 4. The van der Waals surface area contributed by atoms with Crippen molar-refractivity contribution in [2.75, 3.05) is 24.7 Å². The molecule has 238 valence electrons. The Morgan fingerprint density at radius 2 is 1.87 bits per heavy atom. The number of likely N-dealkylation sites (N-methyl/N-ethyl adjacent to an activating group) is 1. The molecule has 1 N–H and O–H groups in total. The Morgan fingerprint density at radius 1 is 1.13 bits per heavy atom. The number of carbonyl (C=O) groups is 3. The van der Waals surface area contributed by atoms with Crippen LogP contribution < -0.4 is 10.2 Å². The first-order chi connectivity index (χ1) is 21.5. The third-order valence-corrected chi connectivity index (χ3v) is 9.89. The van der Waals surface area contributed by atoms with Gasteiger partial charge in [0.05, 0.1) is 23.2 Å². The van der Waals surface area contributed by atoms with Crippen molar-refractivity contribution in [2.45, 2.75) is 81.7 Å². The molecule has 10 nitrogen and oxygen atoms in total. The summed E-state index contributed by atoms with van der Waals surface area (Å²) in [6.07, 6.45) is -1.02. The minimum atomic E-state index is -4.94. The van der Waals surface area contributed by atoms with E-state index in [-0.39, 0.29) is 36.2 Å². The quantitative estimate of drug-likeness (QED) is 0.480. The Hall–Kier alpha value is -3.99. The molecule has 0 radical (unpaired) electrons. The number of amides is 3. The highest BCUT2D eigenvalue weighted by Crippen LogP contribution is 2.54. The lowest BCUT2D eigenvalue weighted by Crippen LogP contribution is -2.56. The zero-order valence-electron chi connectivity index (χ0n) is 24.5. The van der Waals surface area contributed by atoms with Gasteiger partial charge in [-0.15, -0.1) is 0 Å². The van der Waals surface area contributed by atoms with Gasteiger partial charge in [0, 0.05) is 37.3 Å². The van der Waals surface area contributed by atoms with Gasteiger partial charge in [-0.2, -0.15) is 23.5 Å². The highest BCUT2D eigenvalue weighted by Gasteiger charge is 2.57. The van der Waals surface area contributed by atoms with E-state index >= 15 is 0 Å². The number of hydrogen-bond donors (Lipinski definition) is 1. The van der Waals surface area contributed by atoms with Crippen molar-refractivity contribution < 1.29 is 36.7 Å². The summed E-state index contributed by atoms with van der Waals surface area (Å²) in [4.78, 5) is 45.1. The maximum absolute atomic E-state index is 14.3. The van der Waals surface area contributed by atoms with Gasteiger partial charge in [-0.25, -0.2) is 9.07 Å². The number of ether oxygens (including phenoxy) is 1. The average molecular weight is 629 g/mol. The summed E-state index contributed by atoms with van der Waals surface area (Å²) < 4.78 is 62.9. The fraction of sp³-hybridized carbons (Fsp3) is 0.581. The van der Waals surface area contributed by atoms with E-state index in [0.29, 0.717) is 74.9 Å². The second-order valence-electron chi connectivity index (χ2n) is 12.6. The average Bonchev–Trinajstić information content (AvgIpc) is 3.94. The van der Waals surface area contributed by atoms with Crippen molar-refractivity contribution >= 4 is 23.5 Å². The molecule has 0 spiro atoms. The number of fused-ring (bicyclic) bond motifs is 2. The molecule has 0 bridgehead atoms. The summed E-state index contributed by atoms with van der Waals surface area (Å²) in [6, 6.07) is 1.70. The van der Waals surface area contributed by atoms with Crippen LogP contribution in [0.4, 0.5) is 23.4 Å². The van der Waals surface area contributed by atoms with Gasteiger partial charge in [-0.05, 0) is 75.5 Å². The van der Waals surface area contributed by atoms with Crippen LogP contribution in [0.5, 0.6) is 0 Å². The molecule has 3 amide bonds. The lowest BCUT2D eigenvalue weighted by atomic mass is 9.82. The van der Waals surface area contributed by atoms with Gasteiger partial charge in [-0.3, -0.25) is 19.3 Å². The molecule has 1 aromatic carbocycles. The smallest absolute Gasteiger partial charge is 0.381 e. The van der Waals surface area contributed by atoms with Crippen LogP contribution in [-0.4, -0.2) is 70.3 Å². The predicted molar refractivity (Wildman–Crippen MR) is 150 cm³/mol. The second kappa shape index (κ2) is 10.8. The van der Waals surface area contributed by atoms with Crippen LogP contribution in [0.3, 0.4) is 0 Å². The van der Waals surface area contributed by atoms with Gasteiger partial charge < -0.3 is 15.0 Å². The molecule has 4 fully saturated rings. The van der Waals surface area contributed by atoms with E-state index in [4.69, 9.17) is 9.84 Å². The molecule has 2 aliphatic carbocycles. The minimum absolute atomic E-state index is 0.0674. The van der Waals surface area contributed by atoms with E-state index in [9.17, 15) is 37.2 Å². The van der Waals surface area contributed by atoms with Crippen molar-refractivity contribution in [3.05, 3.63) is 46.4 Å². The summed E-state index contributed by atoms with van der Waals surface area (Å²) in [7, 11) is 0. The standard InChI is InChI=1S/C31H32F4N6O4/c1-2-39-28-24(26(38-41(28)18-7-9-45-10-8-18)30(44)40-19(14-36)11-16-12-22(16)40)23(15-3-4-15)25(29(39)43)37-27(42)20-13-17(32)5-6-21(20)31(33,34)35/h5-6,13,15-16,18-19,22-23,25H,2-4,7-12H2,1H3,(H,37,42)/t16-,19-,22+,23-,25-/m0/s1. The summed E-state index contributed by atoms with van der Waals surface area (Å²) in [5.74, 6) is -3.42. The van der Waals surface area contributed by atoms with Crippen LogP contribution in [0.25, 0.3) is 0 Å². The van der Waals surface area contributed by atoms with Crippen LogP contribution >= 0.6 is 0 Å². The molecule has 5 atom stereocenters. The topological polar surface area (TPSA) is 121 Å². The fourth-order valence-corrected chi connectivity index (χ4v) is 7.53. The molecule has 4 heterocycles. The summed E-state index contributed by atoms with van der Waals surface area (Å²) in [5, 5.41) is 17.2. The number of nitriles is 1. The SMILES string of the molecule is CCN1C(=O)[C@@H](NC(=O)c2cc(F)ccc2C(F)(F)F)[C@@H](C2CC2)c2c(C(=O)N3[C@H](C#N)C[C@H]4C[C@H]43)nn(C3CCOCC3)c21. The molecular weight excluding hydrogens is 596 g/mol. The minimum Gasteiger partial charge on any atom is -0.381 e. The van der Waals surface area contributed by atoms with Gasteiger partial charge in [0.15, 0.2) is 5.69 Å². The Balaban J connectivity index is 1.35. The number of nitrogens with one attached hydrogen (secondary N) is 1. The molecule has 2 aromatic rings. The fourth-order valence-electron chi connectivity index (χ4n) is 7.53. The molecule has 0 unspecified atom stereocenters. The van der Waals surface area contributed by atoms with Crippen molar-refractivity contribution in [3.8, 4) is 6.07 Å². The zero-order valence-corrected chi connectivity index (χ0v) is 24.5. The van der Waals surface area contributed by atoms with Crippen LogP contribution in [-0.2, 0) is 15.7 Å². The monoisotopic (exact) mass is 628 g/mol. The van der Waals surface area contributed by atoms with E-state index in [1.165, 1.54) is 4.90 Å². The number of nitrogens with zero attached hydrogens (tertiary/aromatic N) is 5. The molecule has 2 saturated carbocycles. The highest BCUT2D eigenvalue weighted by molar-refractivity contribution is 6.07. The molecule has 45 heavy (non-hydrogen) atoms. The van der Waals surface area contributed by atoms with Crippen LogP contribution in [0, 0.1) is 29.0 Å². The number of hydrogen-bond acceptors (Lipinski definition) is 6. The Labute approximate surface area is 256 Å². The van der Waals surface area contributed by atoms with Crippen molar-refractivity contribution in [2.24, 2.45) is 11.8 Å². The van der Waals surface area contributed by atoms with E-state index in [1.54, 1.807) is 16.5 Å². The number of alkyl halides is 3. The number of anilines is 1. The van der Waals surface area contributed by atoms with Crippen molar-refractivity contribution in [1.29, 1.82) is 5.26 Å². The third kappa shape index (κ3) is 4.95. The van der Waals surface area contributed by atoms with Gasteiger partial charge in [0.1, 0.15) is 23.7 Å². The van der Waals surface area contributed by atoms with E-state index < -0.39 is 58.8 Å². The number of likely N-dealkylation sites (tertiary alicyclic amines) is 1. The molecular formula is C31H32F4N6O4. The lowest BCUT2D eigenvalue weighted by Gasteiger charge is -2.39. The lowest BCUT2D eigenvalue weighted by molar-refractivity contribution is -0.138. The van der Waals surface area contributed by atoms with E-state index in [2.05, 4.69) is 11.4 Å². The molecule has 7 rings (SSSR count). The van der Waals surface area contributed by atoms with Gasteiger partial charge in [0.25, 0.3) is 17.7 Å². The first-order valence-electron chi connectivity index (χ1n) is 15.4. The summed E-state index contributed by atoms with van der Waals surface area (Å²) >= 11 is 0. The van der Waals surface area contributed by atoms with Gasteiger partial charge in [0.2, 0.25) is 0 Å². The van der Waals surface area contributed by atoms with E-state index in [0.717, 1.165) is 6.42 Å². The molecule has 14 heteroatoms. The Morgan fingerprint density at radius 3 is 2.51 bits per heavy atom. The van der Waals surface area contributed by atoms with Crippen molar-refractivity contribution in [1.82, 2.24) is 20.0 Å². The van der Waals surface area contributed by atoms with Crippen molar-refractivity contribution in [3.63, 3.8) is 0 Å². The number of piperidine rings is 1. The maximum atomic E-state index is 14.3. The predicted octanol–water partition coefficient (Wildman–Crippen LogP) is 4.18. The first kappa shape index (κ1) is 29.7. The van der Waals surface area contributed by atoms with Crippen LogP contribution in [0.15, 0.2) is 18.2 Å². The van der Waals surface area contributed by atoms with Gasteiger partial charge in [-0.1, -0.05) is 0 Å². The number of aromatic nitrogens is 2. The zero-order chi connectivity index (χ0) is 31.8. The summed E-state index contributed by atoms with van der Waals surface area (Å²) in [5.41, 5.74) is -1.68. The second-order valence-corrected chi connectivity index (χ2v) is 12.6. The van der Waals surface area contributed by atoms with Crippen LogP contribution in [0.2, 0.25) is 0 Å². The molecule has 2 saturated heterocycles. The Kier molecular flexibility index (Phi) is 7.14. The number of carbonyl (C=O) groups excluding carboxylic acids is 3. The normalized spacial score (nSPS) is 28.0. The van der Waals surface area contributed by atoms with Crippen LogP contribution in [0.1, 0.15) is 89.4 Å². The molecule has 5 aliphatic rings. The largest absolute Gasteiger partial charge is 0.417 e. The maximum Gasteiger partial charge on any atom is 0.417 e. The molecule has 1 aromatic heterocycles. The third-order valence-electron chi connectivity index (χ3n) is 9.89. The van der Waals surface area contributed by atoms with Gasteiger partial charge >= 0.3 is 6.18 Å².